The normalized spacial score (nSPS) is 11.4. The number of anilines is 3. The highest BCUT2D eigenvalue weighted by Gasteiger charge is 2.20. The van der Waals surface area contributed by atoms with Crippen LogP contribution in [0.4, 0.5) is 17.1 Å². The van der Waals surface area contributed by atoms with Crippen LogP contribution in [0.1, 0.15) is 0 Å². The van der Waals surface area contributed by atoms with Gasteiger partial charge in [0.2, 0.25) is 0 Å². The number of hydrogen-bond acceptors (Lipinski definition) is 2. The molecule has 11 aromatic rings. The van der Waals surface area contributed by atoms with Gasteiger partial charge in [-0.15, -0.1) is 11.3 Å². The van der Waals surface area contributed by atoms with Crippen molar-refractivity contribution in [1.29, 1.82) is 0 Å². The highest BCUT2D eigenvalue weighted by atomic mass is 32.1. The first kappa shape index (κ1) is 34.8. The van der Waals surface area contributed by atoms with Gasteiger partial charge < -0.3 is 9.47 Å². The topological polar surface area (TPSA) is 8.17 Å². The van der Waals surface area contributed by atoms with E-state index in [1.807, 2.05) is 11.3 Å². The molecule has 0 unspecified atom stereocenters. The van der Waals surface area contributed by atoms with E-state index < -0.39 is 0 Å². The van der Waals surface area contributed by atoms with Gasteiger partial charge in [0.25, 0.3) is 0 Å². The second-order valence-electron chi connectivity index (χ2n) is 14.9. The lowest BCUT2D eigenvalue weighted by molar-refractivity contribution is 1.19. The van der Waals surface area contributed by atoms with Gasteiger partial charge >= 0.3 is 0 Å². The van der Waals surface area contributed by atoms with E-state index in [0.717, 1.165) is 17.1 Å². The van der Waals surface area contributed by atoms with Gasteiger partial charge in [-0.25, -0.2) is 0 Å². The van der Waals surface area contributed by atoms with Gasteiger partial charge in [0.05, 0.1) is 15.7 Å². The minimum Gasteiger partial charge on any atom is -0.310 e. The molecule has 0 saturated heterocycles. The molecule has 2 heterocycles. The third-order valence-corrected chi connectivity index (χ3v) is 12.7. The van der Waals surface area contributed by atoms with Gasteiger partial charge in [0.15, 0.2) is 0 Å². The summed E-state index contributed by atoms with van der Waals surface area (Å²) in [5.41, 5.74) is 16.6. The molecule has 0 aliphatic heterocycles. The number of aromatic nitrogens is 1. The average Bonchev–Trinajstić information content (AvgIpc) is 3.86. The summed E-state index contributed by atoms with van der Waals surface area (Å²) in [6.45, 7) is 0. The minimum atomic E-state index is 1.10. The lowest BCUT2D eigenvalue weighted by atomic mass is 9.99. The standard InChI is InChI=1S/C56H38N2S/c1-4-14-39(15-5-1)41-26-28-42(29-27-41)44-32-36-48(37-33-44)57(47-34-30-43(31-35-47)40-16-6-2-7-17-40)49-21-12-18-45(38-49)50-23-13-24-52-54-56(59-55(50)52)51-22-10-11-25-53(51)58(54)46-19-8-3-9-20-46/h1-38H. The van der Waals surface area contributed by atoms with Crippen molar-refractivity contribution in [1.82, 2.24) is 4.57 Å². The minimum absolute atomic E-state index is 1.10. The smallest absolute Gasteiger partial charge is 0.0727 e. The van der Waals surface area contributed by atoms with Crippen molar-refractivity contribution in [2.45, 2.75) is 0 Å². The Hall–Kier alpha value is -7.46. The molecule has 0 N–H and O–H groups in total. The maximum absolute atomic E-state index is 2.44. The number of thiophene rings is 1. The van der Waals surface area contributed by atoms with Crippen LogP contribution in [0.15, 0.2) is 231 Å². The second-order valence-corrected chi connectivity index (χ2v) is 16.0. The van der Waals surface area contributed by atoms with Crippen LogP contribution < -0.4 is 4.90 Å². The molecular weight excluding hydrogens is 733 g/mol. The molecule has 3 heteroatoms. The lowest BCUT2D eigenvalue weighted by Crippen LogP contribution is -2.10. The summed E-state index contributed by atoms with van der Waals surface area (Å²) in [6.07, 6.45) is 0. The average molecular weight is 771 g/mol. The van der Waals surface area contributed by atoms with E-state index in [1.165, 1.54) is 81.4 Å². The van der Waals surface area contributed by atoms with Crippen LogP contribution in [0.25, 0.3) is 81.4 Å². The maximum atomic E-state index is 2.44. The van der Waals surface area contributed by atoms with E-state index in [9.17, 15) is 0 Å². The van der Waals surface area contributed by atoms with Gasteiger partial charge in [0.1, 0.15) is 0 Å². The number of nitrogens with zero attached hydrogens (tertiary/aromatic N) is 2. The molecule has 0 bridgehead atoms. The third kappa shape index (κ3) is 6.29. The molecular formula is C56H38N2S. The molecule has 0 radical (unpaired) electrons. The SMILES string of the molecule is c1ccc(-c2ccc(-c3ccc(N(c4ccc(-c5ccccc5)cc4)c4cccc(-c5cccc6c5sc5c7ccccc7n(-c7ccccc7)c65)c4)cc3)cc2)cc1. The van der Waals surface area contributed by atoms with Crippen LogP contribution in [0.5, 0.6) is 0 Å². The van der Waals surface area contributed by atoms with Gasteiger partial charge in [-0.1, -0.05) is 176 Å². The van der Waals surface area contributed by atoms with E-state index in [1.54, 1.807) is 0 Å². The van der Waals surface area contributed by atoms with Crippen LogP contribution >= 0.6 is 11.3 Å². The first-order chi connectivity index (χ1) is 29.3. The summed E-state index contributed by atoms with van der Waals surface area (Å²) in [7, 11) is 0. The highest BCUT2D eigenvalue weighted by Crippen LogP contribution is 2.46. The predicted octanol–water partition coefficient (Wildman–Crippen LogP) is 16.1. The maximum Gasteiger partial charge on any atom is 0.0727 e. The van der Waals surface area contributed by atoms with Crippen LogP contribution in [0, 0.1) is 0 Å². The summed E-state index contributed by atoms with van der Waals surface area (Å²) in [5.74, 6) is 0. The molecule has 278 valence electrons. The van der Waals surface area contributed by atoms with Crippen molar-refractivity contribution < 1.29 is 0 Å². The number of para-hydroxylation sites is 2. The number of hydrogen-bond donors (Lipinski definition) is 0. The Kier molecular flexibility index (Phi) is 8.72. The van der Waals surface area contributed by atoms with Crippen molar-refractivity contribution in [3.8, 4) is 50.2 Å². The van der Waals surface area contributed by atoms with E-state index in [2.05, 4.69) is 240 Å². The summed E-state index contributed by atoms with van der Waals surface area (Å²) in [4.78, 5) is 2.38. The van der Waals surface area contributed by atoms with Crippen LogP contribution in [0.3, 0.4) is 0 Å². The van der Waals surface area contributed by atoms with E-state index in [4.69, 9.17) is 0 Å². The first-order valence-electron chi connectivity index (χ1n) is 20.1. The first-order valence-corrected chi connectivity index (χ1v) is 20.9. The molecule has 0 atom stereocenters. The van der Waals surface area contributed by atoms with Crippen LogP contribution in [-0.2, 0) is 0 Å². The summed E-state index contributed by atoms with van der Waals surface area (Å²) < 4.78 is 5.05. The zero-order valence-electron chi connectivity index (χ0n) is 32.2. The molecule has 9 aromatic carbocycles. The zero-order chi connectivity index (χ0) is 39.1. The molecule has 2 nitrogen and oxygen atoms in total. The van der Waals surface area contributed by atoms with E-state index in [-0.39, 0.29) is 0 Å². The fourth-order valence-corrected chi connectivity index (χ4v) is 9.90. The van der Waals surface area contributed by atoms with Crippen molar-refractivity contribution >= 4 is 59.6 Å². The molecule has 0 aliphatic rings. The van der Waals surface area contributed by atoms with E-state index >= 15 is 0 Å². The molecule has 0 fully saturated rings. The molecule has 59 heavy (non-hydrogen) atoms. The molecule has 0 amide bonds. The molecule has 11 rings (SSSR count). The third-order valence-electron chi connectivity index (χ3n) is 11.4. The van der Waals surface area contributed by atoms with Gasteiger partial charge in [-0.05, 0) is 99.1 Å². The van der Waals surface area contributed by atoms with Crippen molar-refractivity contribution in [2.24, 2.45) is 0 Å². The molecule has 0 spiro atoms. The fourth-order valence-electron chi connectivity index (χ4n) is 8.55. The molecule has 2 aromatic heterocycles. The fraction of sp³-hybridized carbons (Fsp3) is 0. The number of fused-ring (bicyclic) bond motifs is 5. The number of benzene rings is 9. The Morgan fingerprint density at radius 1 is 0.322 bits per heavy atom. The Balaban J connectivity index is 1.01. The summed E-state index contributed by atoms with van der Waals surface area (Å²) in [5, 5.41) is 2.56. The predicted molar refractivity (Wildman–Crippen MR) is 253 cm³/mol. The Bertz CT molecular complexity index is 3220. The Morgan fingerprint density at radius 2 is 0.780 bits per heavy atom. The van der Waals surface area contributed by atoms with Crippen LogP contribution in [0.2, 0.25) is 0 Å². The Morgan fingerprint density at radius 3 is 1.37 bits per heavy atom. The van der Waals surface area contributed by atoms with E-state index in [0.29, 0.717) is 0 Å². The van der Waals surface area contributed by atoms with Crippen molar-refractivity contribution in [2.75, 3.05) is 4.90 Å². The summed E-state index contributed by atoms with van der Waals surface area (Å²) in [6, 6.07) is 83.3. The van der Waals surface area contributed by atoms with Gasteiger partial charge in [-0.3, -0.25) is 0 Å². The highest BCUT2D eigenvalue weighted by molar-refractivity contribution is 7.27. The lowest BCUT2D eigenvalue weighted by Gasteiger charge is -2.26. The molecule has 0 aliphatic carbocycles. The van der Waals surface area contributed by atoms with Gasteiger partial charge in [0, 0.05) is 38.2 Å². The second kappa shape index (κ2) is 14.8. The van der Waals surface area contributed by atoms with Crippen LogP contribution in [-0.4, -0.2) is 4.57 Å². The Labute approximate surface area is 348 Å². The zero-order valence-corrected chi connectivity index (χ0v) is 33.1. The summed E-state index contributed by atoms with van der Waals surface area (Å²) >= 11 is 1.90. The van der Waals surface area contributed by atoms with Crippen molar-refractivity contribution in [3.05, 3.63) is 231 Å². The number of rotatable bonds is 8. The monoisotopic (exact) mass is 770 g/mol. The quantitative estimate of drug-likeness (QED) is 0.149. The van der Waals surface area contributed by atoms with Gasteiger partial charge in [-0.2, -0.15) is 0 Å². The van der Waals surface area contributed by atoms with Crippen molar-refractivity contribution in [3.63, 3.8) is 0 Å². The molecule has 0 saturated carbocycles. The largest absolute Gasteiger partial charge is 0.310 e.